The van der Waals surface area contributed by atoms with Gasteiger partial charge in [-0.3, -0.25) is 0 Å². The molecule has 0 fully saturated rings. The zero-order chi connectivity index (χ0) is 15.1. The number of fused-ring (bicyclic) bond motifs is 3. The molecule has 3 aromatic carbocycles. The van der Waals surface area contributed by atoms with Gasteiger partial charge >= 0.3 is 0 Å². The van der Waals surface area contributed by atoms with Crippen LogP contribution in [0.1, 0.15) is 47.9 Å². The summed E-state index contributed by atoms with van der Waals surface area (Å²) < 4.78 is 0. The van der Waals surface area contributed by atoms with Gasteiger partial charge in [-0.05, 0) is 39.3 Å². The maximum Gasteiger partial charge on any atom is 0.0352 e. The summed E-state index contributed by atoms with van der Waals surface area (Å²) in [5.74, 6) is 0.932. The highest BCUT2D eigenvalue weighted by Crippen LogP contribution is 2.48. The van der Waals surface area contributed by atoms with E-state index in [9.17, 15) is 0 Å². The Balaban J connectivity index is 1.96. The Labute approximate surface area is 132 Å². The summed E-state index contributed by atoms with van der Waals surface area (Å²) in [4.78, 5) is 0. The molecule has 0 heterocycles. The van der Waals surface area contributed by atoms with Crippen LogP contribution in [-0.2, 0) is 0 Å². The van der Waals surface area contributed by atoms with Gasteiger partial charge in [0.05, 0.1) is 0 Å². The van der Waals surface area contributed by atoms with Gasteiger partial charge in [-0.15, -0.1) is 0 Å². The van der Waals surface area contributed by atoms with Gasteiger partial charge in [-0.25, -0.2) is 0 Å². The van der Waals surface area contributed by atoms with Crippen LogP contribution in [0.25, 0.3) is 11.1 Å². The van der Waals surface area contributed by atoms with Crippen LogP contribution in [0.3, 0.4) is 0 Å². The van der Waals surface area contributed by atoms with E-state index in [1.165, 1.54) is 33.4 Å². The summed E-state index contributed by atoms with van der Waals surface area (Å²) in [6.45, 7) is 4.52. The van der Waals surface area contributed by atoms with E-state index >= 15 is 0 Å². The molecule has 0 nitrogen and oxygen atoms in total. The van der Waals surface area contributed by atoms with E-state index in [2.05, 4.69) is 86.6 Å². The Morgan fingerprint density at radius 3 is 2.14 bits per heavy atom. The molecule has 1 aliphatic carbocycles. The van der Waals surface area contributed by atoms with Crippen molar-refractivity contribution in [2.24, 2.45) is 0 Å². The summed E-state index contributed by atoms with van der Waals surface area (Å²) in [6, 6.07) is 26.7. The highest BCUT2D eigenvalue weighted by Gasteiger charge is 2.29. The lowest BCUT2D eigenvalue weighted by atomic mass is 9.88. The average Bonchev–Trinajstić information content (AvgIpc) is 2.89. The molecular weight excluding hydrogens is 264 g/mol. The van der Waals surface area contributed by atoms with Crippen LogP contribution >= 0.6 is 0 Å². The third-order valence-electron chi connectivity index (χ3n) is 4.75. The summed E-state index contributed by atoms with van der Waals surface area (Å²) in [5.41, 5.74) is 8.49. The smallest absolute Gasteiger partial charge is 0.0352 e. The first-order chi connectivity index (χ1) is 10.8. The molecule has 1 unspecified atom stereocenters. The van der Waals surface area contributed by atoms with E-state index in [1.807, 2.05) is 0 Å². The lowest BCUT2D eigenvalue weighted by molar-refractivity contribution is 0.865. The molecular formula is C22H20. The van der Waals surface area contributed by atoms with Crippen molar-refractivity contribution in [3.63, 3.8) is 0 Å². The van der Waals surface area contributed by atoms with E-state index in [-0.39, 0.29) is 0 Å². The minimum Gasteiger partial charge on any atom is -0.0622 e. The van der Waals surface area contributed by atoms with Crippen molar-refractivity contribution >= 4 is 0 Å². The molecule has 0 N–H and O–H groups in total. The van der Waals surface area contributed by atoms with Crippen LogP contribution in [0.15, 0.2) is 72.8 Å². The summed E-state index contributed by atoms with van der Waals surface area (Å²) >= 11 is 0. The van der Waals surface area contributed by atoms with Crippen LogP contribution in [0, 0.1) is 0 Å². The monoisotopic (exact) mass is 284 g/mol. The van der Waals surface area contributed by atoms with E-state index < -0.39 is 0 Å². The Morgan fingerprint density at radius 1 is 0.682 bits per heavy atom. The Morgan fingerprint density at radius 2 is 1.36 bits per heavy atom. The number of hydrogen-bond acceptors (Lipinski definition) is 0. The van der Waals surface area contributed by atoms with Crippen molar-refractivity contribution in [3.05, 3.63) is 95.1 Å². The SMILES string of the molecule is CC(C)c1ccc2c(c1)-c1ccccc1C2c1ccccc1. The van der Waals surface area contributed by atoms with Crippen molar-refractivity contribution < 1.29 is 0 Å². The van der Waals surface area contributed by atoms with Crippen LogP contribution in [0.2, 0.25) is 0 Å². The second-order valence-corrected chi connectivity index (χ2v) is 6.43. The van der Waals surface area contributed by atoms with Crippen LogP contribution in [-0.4, -0.2) is 0 Å². The van der Waals surface area contributed by atoms with Crippen LogP contribution in [0.4, 0.5) is 0 Å². The molecule has 4 rings (SSSR count). The van der Waals surface area contributed by atoms with E-state index in [1.54, 1.807) is 0 Å². The molecule has 0 spiro atoms. The molecule has 0 radical (unpaired) electrons. The van der Waals surface area contributed by atoms with Gasteiger partial charge < -0.3 is 0 Å². The number of rotatable bonds is 2. The molecule has 1 aliphatic rings. The Kier molecular flexibility index (Phi) is 3.11. The zero-order valence-corrected chi connectivity index (χ0v) is 13.1. The van der Waals surface area contributed by atoms with Gasteiger partial charge in [0, 0.05) is 5.92 Å². The molecule has 0 bridgehead atoms. The second kappa shape index (κ2) is 5.14. The molecule has 1 atom stereocenters. The van der Waals surface area contributed by atoms with Crippen LogP contribution < -0.4 is 0 Å². The van der Waals surface area contributed by atoms with Crippen molar-refractivity contribution in [3.8, 4) is 11.1 Å². The fraction of sp³-hybridized carbons (Fsp3) is 0.182. The quantitative estimate of drug-likeness (QED) is 0.425. The molecule has 22 heavy (non-hydrogen) atoms. The zero-order valence-electron chi connectivity index (χ0n) is 13.1. The number of benzene rings is 3. The Hall–Kier alpha value is -2.34. The van der Waals surface area contributed by atoms with Gasteiger partial charge in [-0.2, -0.15) is 0 Å². The first kappa shape index (κ1) is 13.3. The molecule has 3 aromatic rings. The highest BCUT2D eigenvalue weighted by atomic mass is 14.3. The predicted octanol–water partition coefficient (Wildman–Crippen LogP) is 5.97. The Bertz CT molecular complexity index is 812. The molecule has 0 amide bonds. The molecule has 0 heteroatoms. The van der Waals surface area contributed by atoms with Gasteiger partial charge in [0.1, 0.15) is 0 Å². The first-order valence-corrected chi connectivity index (χ1v) is 8.04. The maximum absolute atomic E-state index is 2.39. The summed E-state index contributed by atoms with van der Waals surface area (Å²) in [5, 5.41) is 0. The van der Waals surface area contributed by atoms with Crippen molar-refractivity contribution in [2.45, 2.75) is 25.7 Å². The minimum atomic E-state index is 0.369. The fourth-order valence-corrected chi connectivity index (χ4v) is 3.58. The van der Waals surface area contributed by atoms with E-state index in [0.29, 0.717) is 11.8 Å². The predicted molar refractivity (Wildman–Crippen MR) is 93.4 cm³/mol. The normalized spacial score (nSPS) is 15.7. The largest absolute Gasteiger partial charge is 0.0622 e. The van der Waals surface area contributed by atoms with Crippen molar-refractivity contribution in [1.82, 2.24) is 0 Å². The summed E-state index contributed by atoms with van der Waals surface area (Å²) in [7, 11) is 0. The summed E-state index contributed by atoms with van der Waals surface area (Å²) in [6.07, 6.45) is 0. The molecule has 0 aliphatic heterocycles. The van der Waals surface area contributed by atoms with E-state index in [0.717, 1.165) is 0 Å². The van der Waals surface area contributed by atoms with Gasteiger partial charge in [0.15, 0.2) is 0 Å². The van der Waals surface area contributed by atoms with Crippen molar-refractivity contribution in [2.75, 3.05) is 0 Å². The van der Waals surface area contributed by atoms with Gasteiger partial charge in [0.25, 0.3) is 0 Å². The fourth-order valence-electron chi connectivity index (χ4n) is 3.58. The topological polar surface area (TPSA) is 0 Å². The first-order valence-electron chi connectivity index (χ1n) is 8.04. The molecule has 108 valence electrons. The maximum atomic E-state index is 2.39. The van der Waals surface area contributed by atoms with E-state index in [4.69, 9.17) is 0 Å². The second-order valence-electron chi connectivity index (χ2n) is 6.43. The number of hydrogen-bond donors (Lipinski definition) is 0. The third kappa shape index (κ3) is 1.99. The third-order valence-corrected chi connectivity index (χ3v) is 4.75. The lowest BCUT2D eigenvalue weighted by Crippen LogP contribution is -1.99. The van der Waals surface area contributed by atoms with Crippen molar-refractivity contribution in [1.29, 1.82) is 0 Å². The molecule has 0 saturated carbocycles. The highest BCUT2D eigenvalue weighted by molar-refractivity contribution is 5.81. The molecule has 0 aromatic heterocycles. The standard InChI is InChI=1S/C22H20/c1-15(2)17-12-13-20-21(14-17)18-10-6-7-11-19(18)22(20)16-8-4-3-5-9-16/h3-15,22H,1-2H3. The van der Waals surface area contributed by atoms with Crippen LogP contribution in [0.5, 0.6) is 0 Å². The average molecular weight is 284 g/mol. The minimum absolute atomic E-state index is 0.369. The lowest BCUT2D eigenvalue weighted by Gasteiger charge is -2.15. The molecule has 0 saturated heterocycles. The van der Waals surface area contributed by atoms with Gasteiger partial charge in [0.2, 0.25) is 0 Å². The van der Waals surface area contributed by atoms with Gasteiger partial charge in [-0.1, -0.05) is 86.6 Å².